The van der Waals surface area contributed by atoms with E-state index in [4.69, 9.17) is 9.47 Å². The summed E-state index contributed by atoms with van der Waals surface area (Å²) in [6, 6.07) is 40.4. The van der Waals surface area contributed by atoms with Crippen LogP contribution in [0.25, 0.3) is 33.4 Å². The molecule has 1 amide bonds. The van der Waals surface area contributed by atoms with Gasteiger partial charge in [0.25, 0.3) is 22.6 Å². The first-order chi connectivity index (χ1) is 27.4. The number of thioether (sulfide) groups is 1. The highest BCUT2D eigenvalue weighted by Gasteiger charge is 2.27. The number of carbonyl (C=O) groups excluding carboxylic acids is 4. The van der Waals surface area contributed by atoms with Crippen LogP contribution in [0.4, 0.5) is 5.69 Å². The van der Waals surface area contributed by atoms with Crippen molar-refractivity contribution in [2.75, 3.05) is 19.5 Å². The number of anilines is 1. The third kappa shape index (κ3) is 7.81. The van der Waals surface area contributed by atoms with Gasteiger partial charge in [-0.1, -0.05) is 60.7 Å². The van der Waals surface area contributed by atoms with Crippen molar-refractivity contribution in [3.05, 3.63) is 170 Å². The summed E-state index contributed by atoms with van der Waals surface area (Å²) in [5.74, 6) is -0.979. The van der Waals surface area contributed by atoms with Crippen LogP contribution in [0.2, 0.25) is 0 Å². The zero-order valence-corrected chi connectivity index (χ0v) is 31.0. The molecule has 0 fully saturated rings. The van der Waals surface area contributed by atoms with Gasteiger partial charge in [0, 0.05) is 46.8 Å². The molecule has 0 aliphatic heterocycles. The first-order valence-corrected chi connectivity index (χ1v) is 18.1. The van der Waals surface area contributed by atoms with Crippen molar-refractivity contribution in [1.29, 1.82) is 0 Å². The first-order valence-electron chi connectivity index (χ1n) is 17.3. The molecule has 0 aliphatic rings. The van der Waals surface area contributed by atoms with E-state index in [1.165, 1.54) is 13.3 Å². The highest BCUT2D eigenvalue weighted by molar-refractivity contribution is 8.15. The van der Waals surface area contributed by atoms with E-state index in [9.17, 15) is 19.2 Å². The summed E-state index contributed by atoms with van der Waals surface area (Å²) in [5.41, 5.74) is 5.54. The predicted octanol–water partition coefficient (Wildman–Crippen LogP) is 8.34. The number of nitrogens with one attached hydrogen (secondary N) is 1. The summed E-state index contributed by atoms with van der Waals surface area (Å²) in [5, 5.41) is 2.03. The van der Waals surface area contributed by atoms with Crippen molar-refractivity contribution < 1.29 is 28.7 Å². The maximum atomic E-state index is 13.2. The largest absolute Gasteiger partial charge is 0.496 e. The van der Waals surface area contributed by atoms with Gasteiger partial charge >= 0.3 is 0 Å². The molecule has 0 atom stereocenters. The molecule has 0 saturated heterocycles. The van der Waals surface area contributed by atoms with Crippen molar-refractivity contribution in [2.45, 2.75) is 4.90 Å². The highest BCUT2D eigenvalue weighted by atomic mass is 32.2. The quantitative estimate of drug-likeness (QED) is 0.0830. The van der Waals surface area contributed by atoms with Crippen LogP contribution in [-0.2, 0) is 9.59 Å². The second-order valence-electron chi connectivity index (χ2n) is 12.1. The number of hydrogen-bond acceptors (Lipinski definition) is 9. The number of Topliss-reactive ketones (excluding diaryl/α,β-unsaturated/α-hetero) is 2. The van der Waals surface area contributed by atoms with E-state index in [1.54, 1.807) is 77.0 Å². The molecule has 12 heteroatoms. The van der Waals surface area contributed by atoms with E-state index in [0.717, 1.165) is 33.9 Å². The van der Waals surface area contributed by atoms with Gasteiger partial charge in [-0.05, 0) is 84.1 Å². The average molecular weight is 760 g/mol. The lowest BCUT2D eigenvalue weighted by Gasteiger charge is -2.08. The highest BCUT2D eigenvalue weighted by Crippen LogP contribution is 2.33. The van der Waals surface area contributed by atoms with Gasteiger partial charge in [0.15, 0.2) is 0 Å². The van der Waals surface area contributed by atoms with Gasteiger partial charge in [0.2, 0.25) is 5.88 Å². The number of hydrogen-bond donors (Lipinski definition) is 1. The van der Waals surface area contributed by atoms with Crippen LogP contribution >= 0.6 is 11.8 Å². The molecule has 0 unspecified atom stereocenters. The summed E-state index contributed by atoms with van der Waals surface area (Å²) >= 11 is 0.887. The fraction of sp³-hybridized carbons (Fsp3) is 0.0455. The fourth-order valence-electron chi connectivity index (χ4n) is 6.08. The van der Waals surface area contributed by atoms with E-state index in [0.29, 0.717) is 39.2 Å². The van der Waals surface area contributed by atoms with Gasteiger partial charge in [0.1, 0.15) is 17.1 Å². The number of rotatable bonds is 10. The molecule has 1 N–H and O–H groups in total. The number of pyridine rings is 4. The Hall–Kier alpha value is -7.31. The Morgan fingerprint density at radius 2 is 1.27 bits per heavy atom. The van der Waals surface area contributed by atoms with E-state index < -0.39 is 22.6 Å². The average Bonchev–Trinajstić information content (AvgIpc) is 3.84. The summed E-state index contributed by atoms with van der Waals surface area (Å²) in [6.45, 7) is 0. The van der Waals surface area contributed by atoms with Gasteiger partial charge in [0.05, 0.1) is 36.7 Å². The number of benzene rings is 2. The van der Waals surface area contributed by atoms with Gasteiger partial charge in [-0.2, -0.15) is 0 Å². The number of ether oxygens (including phenoxy) is 2. The summed E-state index contributed by atoms with van der Waals surface area (Å²) in [4.78, 5) is 60.7. The Kier molecular flexibility index (Phi) is 11.1. The van der Waals surface area contributed by atoms with Crippen molar-refractivity contribution in [1.82, 2.24) is 18.8 Å². The normalized spacial score (nSPS) is 10.7. The van der Waals surface area contributed by atoms with Gasteiger partial charge in [-0.3, -0.25) is 24.2 Å². The molecule has 6 heterocycles. The molecule has 0 bridgehead atoms. The SMILES string of the molecule is COc1ccc(NC(=O)C(=O)c2c(-c3ccccn3)cc3ccccn23)cn1.COc1ccccc1SC(=O)C(=O)c1c(-c2ccccc2)cc2ccccn12. The molecule has 0 aliphatic carbocycles. The van der Waals surface area contributed by atoms with Crippen LogP contribution in [0.15, 0.2) is 163 Å². The topological polar surface area (TPSA) is 133 Å². The maximum Gasteiger partial charge on any atom is 0.298 e. The molecule has 2 aromatic carbocycles. The van der Waals surface area contributed by atoms with Crippen LogP contribution < -0.4 is 14.8 Å². The Morgan fingerprint density at radius 3 is 1.91 bits per heavy atom. The van der Waals surface area contributed by atoms with E-state index in [1.807, 2.05) is 91.0 Å². The van der Waals surface area contributed by atoms with Gasteiger partial charge in [-0.15, -0.1) is 0 Å². The fourth-order valence-corrected chi connectivity index (χ4v) is 6.87. The molecule has 6 aromatic heterocycles. The lowest BCUT2D eigenvalue weighted by atomic mass is 10.0. The zero-order chi connectivity index (χ0) is 39.0. The van der Waals surface area contributed by atoms with Crippen LogP contribution in [0.5, 0.6) is 11.6 Å². The number of ketones is 2. The zero-order valence-electron chi connectivity index (χ0n) is 30.2. The standard InChI is InChI=1S/C23H17NO3S.C21H16N4O3/c1-27-19-12-5-6-13-20(19)28-23(26)22(25)21-18(16-9-3-2-4-10-16)15-17-11-7-8-14-24(17)21;1-28-18-9-8-14(13-23-18)24-21(27)20(26)19-16(17-7-2-4-10-22-17)12-15-6-3-5-11-25(15)19/h2-15H,1H3;2-13H,1H3,(H,24,27). The minimum Gasteiger partial charge on any atom is -0.496 e. The van der Waals surface area contributed by atoms with E-state index in [-0.39, 0.29) is 5.69 Å². The minimum atomic E-state index is -0.756. The number of para-hydroxylation sites is 1. The van der Waals surface area contributed by atoms with Gasteiger partial charge in [-0.25, -0.2) is 4.98 Å². The molecular weight excluding hydrogens is 727 g/mol. The molecule has 0 spiro atoms. The molecule has 8 aromatic rings. The van der Waals surface area contributed by atoms with Crippen molar-refractivity contribution >= 4 is 51.1 Å². The lowest BCUT2D eigenvalue weighted by Crippen LogP contribution is -2.24. The predicted molar refractivity (Wildman–Crippen MR) is 215 cm³/mol. The minimum absolute atomic E-state index is 0.258. The van der Waals surface area contributed by atoms with Crippen LogP contribution in [0.3, 0.4) is 0 Å². The number of carbonyl (C=O) groups is 4. The number of methoxy groups -OCH3 is 2. The molecule has 0 radical (unpaired) electrons. The van der Waals surface area contributed by atoms with Crippen molar-refractivity contribution in [2.24, 2.45) is 0 Å². The second kappa shape index (κ2) is 16.8. The van der Waals surface area contributed by atoms with Crippen LogP contribution in [0.1, 0.15) is 21.0 Å². The molecule has 8 rings (SSSR count). The van der Waals surface area contributed by atoms with Crippen molar-refractivity contribution in [3.63, 3.8) is 0 Å². The first kappa shape index (κ1) is 37.0. The summed E-state index contributed by atoms with van der Waals surface area (Å²) < 4.78 is 13.7. The molecule has 276 valence electrons. The van der Waals surface area contributed by atoms with Crippen LogP contribution in [-0.4, -0.2) is 55.6 Å². The van der Waals surface area contributed by atoms with Crippen LogP contribution in [0, 0.1) is 0 Å². The number of aromatic nitrogens is 4. The lowest BCUT2D eigenvalue weighted by molar-refractivity contribution is -0.112. The summed E-state index contributed by atoms with van der Waals surface area (Å²) in [6.07, 6.45) is 6.63. The smallest absolute Gasteiger partial charge is 0.298 e. The Balaban J connectivity index is 0.000000172. The van der Waals surface area contributed by atoms with Crippen molar-refractivity contribution in [3.8, 4) is 34.0 Å². The monoisotopic (exact) mass is 759 g/mol. The molecule has 0 saturated carbocycles. The number of fused-ring (bicyclic) bond motifs is 2. The second-order valence-corrected chi connectivity index (χ2v) is 13.1. The van der Waals surface area contributed by atoms with E-state index in [2.05, 4.69) is 15.3 Å². The third-order valence-electron chi connectivity index (χ3n) is 8.68. The molecule has 11 nitrogen and oxygen atoms in total. The maximum absolute atomic E-state index is 13.2. The Bertz CT molecular complexity index is 2690. The van der Waals surface area contributed by atoms with E-state index >= 15 is 0 Å². The molecular formula is C44H33N5O6S. The Morgan fingerprint density at radius 1 is 0.625 bits per heavy atom. The summed E-state index contributed by atoms with van der Waals surface area (Å²) in [7, 11) is 3.04. The molecule has 56 heavy (non-hydrogen) atoms. The Labute approximate surface area is 325 Å². The number of amides is 1. The third-order valence-corrected chi connectivity index (χ3v) is 9.61. The number of nitrogens with zero attached hydrogens (tertiary/aromatic N) is 4. The van der Waals surface area contributed by atoms with Gasteiger partial charge < -0.3 is 23.6 Å².